The molecule has 3 N–H and O–H groups in total. The van der Waals surface area contributed by atoms with Crippen LogP contribution in [0.3, 0.4) is 0 Å². The fraction of sp³-hybridized carbons (Fsp3) is 0.833. The van der Waals surface area contributed by atoms with E-state index in [0.29, 0.717) is 0 Å². The van der Waals surface area contributed by atoms with Gasteiger partial charge in [0, 0.05) is 28.2 Å². The van der Waals surface area contributed by atoms with E-state index in [-0.39, 0.29) is 24.0 Å². The second-order valence-electron chi connectivity index (χ2n) is 2.34. The average molecular weight is 179 g/mol. The molecule has 0 aromatic heterocycles. The highest BCUT2D eigenvalue weighted by molar-refractivity contribution is 7.85. The van der Waals surface area contributed by atoms with E-state index in [2.05, 4.69) is 0 Å². The normalized spacial score (nSPS) is 15.8. The van der Waals surface area contributed by atoms with Crippen LogP contribution in [-0.4, -0.2) is 33.3 Å². The molecule has 0 spiro atoms. The first-order valence-electron chi connectivity index (χ1n) is 3.33. The smallest absolute Gasteiger partial charge is 0.221 e. The van der Waals surface area contributed by atoms with Crippen LogP contribution < -0.4 is 5.73 Å². The molecule has 66 valence electrons. The Labute approximate surface area is 68.2 Å². The van der Waals surface area contributed by atoms with E-state index in [4.69, 9.17) is 10.8 Å². The Morgan fingerprint density at radius 1 is 1.73 bits per heavy atom. The number of aliphatic hydroxyl groups excluding tert-OH is 1. The molecular formula is C6H13NO3S. The summed E-state index contributed by atoms with van der Waals surface area (Å²) >= 11 is 0. The van der Waals surface area contributed by atoms with Crippen LogP contribution in [0.2, 0.25) is 0 Å². The second-order valence-corrected chi connectivity index (χ2v) is 3.96. The third-order valence-electron chi connectivity index (χ3n) is 1.24. The summed E-state index contributed by atoms with van der Waals surface area (Å²) in [4.78, 5) is 10.5. The van der Waals surface area contributed by atoms with Crippen LogP contribution in [0, 0.1) is 5.92 Å². The molecular weight excluding hydrogens is 166 g/mol. The van der Waals surface area contributed by atoms with Gasteiger partial charge in [-0.3, -0.25) is 9.00 Å². The van der Waals surface area contributed by atoms with Gasteiger partial charge in [-0.1, -0.05) is 6.92 Å². The van der Waals surface area contributed by atoms with Gasteiger partial charge in [-0.15, -0.1) is 0 Å². The van der Waals surface area contributed by atoms with Gasteiger partial charge in [0.05, 0.1) is 6.61 Å². The zero-order chi connectivity index (χ0) is 8.85. The maximum Gasteiger partial charge on any atom is 0.221 e. The number of rotatable bonds is 5. The number of primary amides is 1. The minimum absolute atomic E-state index is 0.113. The number of amides is 1. The van der Waals surface area contributed by atoms with Crippen molar-refractivity contribution in [2.24, 2.45) is 11.7 Å². The van der Waals surface area contributed by atoms with Gasteiger partial charge in [0.25, 0.3) is 0 Å². The SMILES string of the molecule is CC(CS(=O)CCO)C(N)=O. The highest BCUT2D eigenvalue weighted by atomic mass is 32.2. The van der Waals surface area contributed by atoms with Crippen molar-refractivity contribution < 1.29 is 14.1 Å². The summed E-state index contributed by atoms with van der Waals surface area (Å²) in [7, 11) is -1.12. The molecule has 0 aromatic carbocycles. The minimum atomic E-state index is -1.12. The van der Waals surface area contributed by atoms with Gasteiger partial charge in [-0.05, 0) is 0 Å². The van der Waals surface area contributed by atoms with Crippen molar-refractivity contribution in [2.45, 2.75) is 6.92 Å². The van der Waals surface area contributed by atoms with Crippen molar-refractivity contribution >= 4 is 16.7 Å². The Hall–Kier alpha value is -0.420. The first-order chi connectivity index (χ1) is 5.07. The summed E-state index contributed by atoms with van der Waals surface area (Å²) in [5, 5.41) is 8.38. The Kier molecular flexibility index (Phi) is 5.06. The van der Waals surface area contributed by atoms with E-state index in [9.17, 15) is 9.00 Å². The molecule has 4 nitrogen and oxygen atoms in total. The first kappa shape index (κ1) is 10.6. The number of carbonyl (C=O) groups is 1. The third-order valence-corrected chi connectivity index (χ3v) is 2.75. The standard InChI is InChI=1S/C6H13NO3S/c1-5(6(7)9)4-11(10)3-2-8/h5,8H,2-4H2,1H3,(H2,7,9). The maximum absolute atomic E-state index is 10.9. The zero-order valence-electron chi connectivity index (χ0n) is 6.45. The number of aliphatic hydroxyl groups is 1. The lowest BCUT2D eigenvalue weighted by Crippen LogP contribution is -2.26. The van der Waals surface area contributed by atoms with E-state index < -0.39 is 16.7 Å². The molecule has 1 amide bonds. The minimum Gasteiger partial charge on any atom is -0.395 e. The number of hydrogen-bond acceptors (Lipinski definition) is 3. The van der Waals surface area contributed by atoms with Gasteiger partial charge in [-0.25, -0.2) is 0 Å². The van der Waals surface area contributed by atoms with E-state index in [1.165, 1.54) is 0 Å². The van der Waals surface area contributed by atoms with Crippen LogP contribution in [0.15, 0.2) is 0 Å². The molecule has 0 saturated carbocycles. The summed E-state index contributed by atoms with van der Waals surface area (Å²) in [5.74, 6) is -0.355. The van der Waals surface area contributed by atoms with Crippen molar-refractivity contribution in [3.05, 3.63) is 0 Å². The Morgan fingerprint density at radius 2 is 2.27 bits per heavy atom. The van der Waals surface area contributed by atoms with Crippen molar-refractivity contribution in [3.8, 4) is 0 Å². The fourth-order valence-electron chi connectivity index (χ4n) is 0.546. The van der Waals surface area contributed by atoms with Crippen molar-refractivity contribution in [1.82, 2.24) is 0 Å². The predicted molar refractivity (Wildman–Crippen MR) is 43.3 cm³/mol. The summed E-state index contributed by atoms with van der Waals surface area (Å²) in [6.45, 7) is 1.51. The van der Waals surface area contributed by atoms with Crippen molar-refractivity contribution in [1.29, 1.82) is 0 Å². The molecule has 11 heavy (non-hydrogen) atoms. The lowest BCUT2D eigenvalue weighted by molar-refractivity contribution is -0.120. The highest BCUT2D eigenvalue weighted by Gasteiger charge is 2.11. The summed E-state index contributed by atoms with van der Waals surface area (Å²) in [6.07, 6.45) is 0. The number of carbonyl (C=O) groups excluding carboxylic acids is 1. The lowest BCUT2D eigenvalue weighted by atomic mass is 10.2. The molecule has 0 rings (SSSR count). The van der Waals surface area contributed by atoms with Gasteiger partial charge in [0.2, 0.25) is 5.91 Å². The molecule has 0 aliphatic carbocycles. The lowest BCUT2D eigenvalue weighted by Gasteiger charge is -2.04. The fourth-order valence-corrected chi connectivity index (χ4v) is 1.64. The van der Waals surface area contributed by atoms with Gasteiger partial charge >= 0.3 is 0 Å². The molecule has 0 saturated heterocycles. The Morgan fingerprint density at radius 3 is 2.64 bits per heavy atom. The van der Waals surface area contributed by atoms with Gasteiger partial charge in [-0.2, -0.15) is 0 Å². The first-order valence-corrected chi connectivity index (χ1v) is 4.82. The van der Waals surface area contributed by atoms with Gasteiger partial charge < -0.3 is 10.8 Å². The van der Waals surface area contributed by atoms with E-state index in [1.54, 1.807) is 6.92 Å². The molecule has 0 heterocycles. The van der Waals surface area contributed by atoms with E-state index >= 15 is 0 Å². The average Bonchev–Trinajstić information content (AvgIpc) is 1.87. The number of nitrogens with two attached hydrogens (primary N) is 1. The van der Waals surface area contributed by atoms with Gasteiger partial charge in [0.15, 0.2) is 0 Å². The van der Waals surface area contributed by atoms with Crippen LogP contribution in [0.25, 0.3) is 0 Å². The van der Waals surface area contributed by atoms with Crippen molar-refractivity contribution in [2.75, 3.05) is 18.1 Å². The molecule has 2 atom stereocenters. The van der Waals surface area contributed by atoms with E-state index in [0.717, 1.165) is 0 Å². The highest BCUT2D eigenvalue weighted by Crippen LogP contribution is 1.96. The monoisotopic (exact) mass is 179 g/mol. The molecule has 0 aliphatic heterocycles. The quantitative estimate of drug-likeness (QED) is 0.559. The van der Waals surface area contributed by atoms with Crippen LogP contribution in [-0.2, 0) is 15.6 Å². The molecule has 0 radical (unpaired) electrons. The number of hydrogen-bond donors (Lipinski definition) is 2. The molecule has 5 heteroatoms. The van der Waals surface area contributed by atoms with Crippen LogP contribution in [0.1, 0.15) is 6.92 Å². The van der Waals surface area contributed by atoms with E-state index in [1.807, 2.05) is 0 Å². The zero-order valence-corrected chi connectivity index (χ0v) is 7.26. The van der Waals surface area contributed by atoms with Crippen molar-refractivity contribution in [3.63, 3.8) is 0 Å². The second kappa shape index (κ2) is 5.26. The molecule has 0 bridgehead atoms. The summed E-state index contributed by atoms with van der Waals surface area (Å²) in [5.41, 5.74) is 4.94. The Bertz CT molecular complexity index is 160. The molecule has 0 aromatic rings. The topological polar surface area (TPSA) is 80.4 Å². The Balaban J connectivity index is 3.66. The maximum atomic E-state index is 10.9. The molecule has 0 aliphatic rings. The van der Waals surface area contributed by atoms with Crippen LogP contribution >= 0.6 is 0 Å². The molecule has 2 unspecified atom stereocenters. The summed E-state index contributed by atoms with van der Waals surface area (Å²) in [6, 6.07) is 0. The van der Waals surface area contributed by atoms with Gasteiger partial charge in [0.1, 0.15) is 0 Å². The summed E-state index contributed by atoms with van der Waals surface area (Å²) < 4.78 is 10.9. The van der Waals surface area contributed by atoms with Crippen LogP contribution in [0.4, 0.5) is 0 Å². The third kappa shape index (κ3) is 4.92. The molecule has 0 fully saturated rings. The predicted octanol–water partition coefficient (Wildman–Crippen LogP) is -1.15. The largest absolute Gasteiger partial charge is 0.395 e. The van der Waals surface area contributed by atoms with Crippen LogP contribution in [0.5, 0.6) is 0 Å².